The minimum Gasteiger partial charge on any atom is -0.494 e. The van der Waals surface area contributed by atoms with Crippen molar-refractivity contribution < 1.29 is 28.9 Å². The van der Waals surface area contributed by atoms with E-state index in [9.17, 15) is 29.8 Å². The van der Waals surface area contributed by atoms with E-state index in [1.807, 2.05) is 6.92 Å². The zero-order valence-electron chi connectivity index (χ0n) is 16.8. The number of nitro groups is 2. The van der Waals surface area contributed by atoms with Crippen molar-refractivity contribution in [3.8, 4) is 5.75 Å². The molecule has 13 heteroatoms. The Labute approximate surface area is 183 Å². The molecule has 2 aromatic carbocycles. The molecule has 0 radical (unpaired) electrons. The molecule has 1 aromatic heterocycles. The van der Waals surface area contributed by atoms with Crippen LogP contribution in [0.2, 0.25) is 0 Å². The van der Waals surface area contributed by atoms with Gasteiger partial charge in [0, 0.05) is 12.1 Å². The van der Waals surface area contributed by atoms with Gasteiger partial charge in [-0.2, -0.15) is 4.99 Å². The van der Waals surface area contributed by atoms with Crippen molar-refractivity contribution >= 4 is 44.8 Å². The fraction of sp³-hybridized carbons (Fsp3) is 0.211. The molecule has 1 amide bonds. The number of esters is 1. The van der Waals surface area contributed by atoms with Crippen molar-refractivity contribution in [1.82, 2.24) is 4.57 Å². The first kappa shape index (κ1) is 22.6. The third kappa shape index (κ3) is 4.78. The van der Waals surface area contributed by atoms with E-state index in [0.717, 1.165) is 29.5 Å². The largest absolute Gasteiger partial charge is 0.494 e. The number of nitrogens with zero attached hydrogens (tertiary/aromatic N) is 4. The Bertz CT molecular complexity index is 1280. The number of aromatic nitrogens is 1. The number of hydrogen-bond acceptors (Lipinski definition) is 9. The normalized spacial score (nSPS) is 11.4. The van der Waals surface area contributed by atoms with Crippen molar-refractivity contribution in [2.45, 2.75) is 13.5 Å². The molecule has 1 heterocycles. The van der Waals surface area contributed by atoms with Gasteiger partial charge in [-0.05, 0) is 25.1 Å². The number of amides is 1. The number of nitro benzene ring substituents is 2. The predicted molar refractivity (Wildman–Crippen MR) is 113 cm³/mol. The molecule has 0 aliphatic carbocycles. The Morgan fingerprint density at radius 1 is 1.09 bits per heavy atom. The molecular weight excluding hydrogens is 444 g/mol. The minimum atomic E-state index is -0.938. The van der Waals surface area contributed by atoms with Crippen LogP contribution in [0.5, 0.6) is 5.75 Å². The second-order valence-corrected chi connectivity index (χ2v) is 7.29. The molecule has 0 aliphatic rings. The van der Waals surface area contributed by atoms with Crippen LogP contribution in [0.25, 0.3) is 10.2 Å². The maximum atomic E-state index is 12.8. The van der Waals surface area contributed by atoms with Gasteiger partial charge in [0.1, 0.15) is 12.3 Å². The zero-order valence-corrected chi connectivity index (χ0v) is 17.7. The molecule has 0 saturated heterocycles. The van der Waals surface area contributed by atoms with Crippen LogP contribution in [0.4, 0.5) is 11.4 Å². The highest BCUT2D eigenvalue weighted by Gasteiger charge is 2.20. The van der Waals surface area contributed by atoms with Gasteiger partial charge in [-0.3, -0.25) is 29.8 Å². The molecule has 0 fully saturated rings. The quantitative estimate of drug-likeness (QED) is 0.296. The summed E-state index contributed by atoms with van der Waals surface area (Å²) in [7, 11) is 1.22. The number of fused-ring (bicyclic) bond motifs is 1. The second kappa shape index (κ2) is 9.34. The van der Waals surface area contributed by atoms with Crippen LogP contribution in [-0.4, -0.2) is 40.0 Å². The lowest BCUT2D eigenvalue weighted by Crippen LogP contribution is -2.22. The number of non-ortho nitro benzene ring substituents is 2. The summed E-state index contributed by atoms with van der Waals surface area (Å²) < 4.78 is 12.3. The Morgan fingerprint density at radius 3 is 2.31 bits per heavy atom. The molecule has 0 bridgehead atoms. The molecule has 0 unspecified atom stereocenters. The maximum absolute atomic E-state index is 12.8. The number of carbonyl (C=O) groups is 2. The first-order valence-electron chi connectivity index (χ1n) is 9.09. The van der Waals surface area contributed by atoms with Crippen molar-refractivity contribution in [3.63, 3.8) is 0 Å². The van der Waals surface area contributed by atoms with E-state index in [4.69, 9.17) is 9.47 Å². The third-order valence-corrected chi connectivity index (χ3v) is 5.29. The Hall–Kier alpha value is -4.13. The molecule has 32 heavy (non-hydrogen) atoms. The van der Waals surface area contributed by atoms with Crippen LogP contribution in [0, 0.1) is 20.2 Å². The van der Waals surface area contributed by atoms with E-state index in [1.165, 1.54) is 11.7 Å². The van der Waals surface area contributed by atoms with E-state index in [-0.39, 0.29) is 16.9 Å². The summed E-state index contributed by atoms with van der Waals surface area (Å²) in [6.45, 7) is 2.03. The van der Waals surface area contributed by atoms with Crippen LogP contribution in [0.3, 0.4) is 0 Å². The van der Waals surface area contributed by atoms with Gasteiger partial charge >= 0.3 is 5.97 Å². The van der Waals surface area contributed by atoms with E-state index >= 15 is 0 Å². The monoisotopic (exact) mass is 460 g/mol. The van der Waals surface area contributed by atoms with E-state index in [1.54, 1.807) is 18.2 Å². The number of rotatable bonds is 7. The lowest BCUT2D eigenvalue weighted by Gasteiger charge is -2.05. The van der Waals surface area contributed by atoms with Gasteiger partial charge < -0.3 is 14.0 Å². The van der Waals surface area contributed by atoms with Crippen molar-refractivity contribution in [2.24, 2.45) is 4.99 Å². The Morgan fingerprint density at radius 2 is 1.75 bits per heavy atom. The van der Waals surface area contributed by atoms with Gasteiger partial charge in [0.05, 0.1) is 45.4 Å². The Balaban J connectivity index is 2.17. The lowest BCUT2D eigenvalue weighted by molar-refractivity contribution is -0.394. The number of benzene rings is 2. The summed E-state index contributed by atoms with van der Waals surface area (Å²) in [5, 5.41) is 22.2. The minimum absolute atomic E-state index is 0.109. The van der Waals surface area contributed by atoms with Crippen molar-refractivity contribution in [1.29, 1.82) is 0 Å². The van der Waals surface area contributed by atoms with Crippen molar-refractivity contribution in [3.05, 3.63) is 67.0 Å². The molecule has 0 spiro atoms. The third-order valence-electron chi connectivity index (χ3n) is 4.25. The first-order chi connectivity index (χ1) is 15.2. The molecule has 3 aromatic rings. The second-order valence-electron chi connectivity index (χ2n) is 6.28. The summed E-state index contributed by atoms with van der Waals surface area (Å²) >= 11 is 1.08. The van der Waals surface area contributed by atoms with Gasteiger partial charge in [-0.15, -0.1) is 0 Å². The average molecular weight is 460 g/mol. The lowest BCUT2D eigenvalue weighted by atomic mass is 10.1. The number of methoxy groups -OCH3 is 1. The number of thiazole rings is 1. The smallest absolute Gasteiger partial charge is 0.325 e. The van der Waals surface area contributed by atoms with Crippen LogP contribution in [-0.2, 0) is 16.1 Å². The summed E-state index contributed by atoms with van der Waals surface area (Å²) in [5.41, 5.74) is -0.973. The van der Waals surface area contributed by atoms with Crippen LogP contribution in [0.1, 0.15) is 17.3 Å². The van der Waals surface area contributed by atoms with Crippen LogP contribution < -0.4 is 9.54 Å². The van der Waals surface area contributed by atoms with Gasteiger partial charge in [0.2, 0.25) is 0 Å². The van der Waals surface area contributed by atoms with Gasteiger partial charge in [0.25, 0.3) is 17.3 Å². The predicted octanol–water partition coefficient (Wildman–Crippen LogP) is 2.83. The van der Waals surface area contributed by atoms with Gasteiger partial charge in [-0.25, -0.2) is 0 Å². The van der Waals surface area contributed by atoms with E-state index in [0.29, 0.717) is 22.6 Å². The summed E-state index contributed by atoms with van der Waals surface area (Å²) in [6, 6.07) is 7.68. The molecule has 0 N–H and O–H groups in total. The standard InChI is InChI=1S/C19H16N4O8S/c1-3-31-14-4-5-15-16(9-14)32-19(21(15)10-17(24)30-2)20-18(25)11-6-12(22(26)27)8-13(7-11)23(28)29/h4-9H,3,10H2,1-2H3. The van der Waals surface area contributed by atoms with Gasteiger partial charge in [0.15, 0.2) is 4.80 Å². The molecule has 0 atom stereocenters. The highest BCUT2D eigenvalue weighted by molar-refractivity contribution is 7.16. The van der Waals surface area contributed by atoms with Crippen LogP contribution >= 0.6 is 11.3 Å². The molecule has 166 valence electrons. The van der Waals surface area contributed by atoms with E-state index < -0.39 is 33.1 Å². The molecule has 3 rings (SSSR count). The topological polar surface area (TPSA) is 156 Å². The molecular formula is C19H16N4O8S. The summed E-state index contributed by atoms with van der Waals surface area (Å²) in [4.78, 5) is 49.3. The first-order valence-corrected chi connectivity index (χ1v) is 9.91. The number of carbonyl (C=O) groups excluding carboxylic acids is 2. The van der Waals surface area contributed by atoms with Crippen molar-refractivity contribution in [2.75, 3.05) is 13.7 Å². The zero-order chi connectivity index (χ0) is 23.4. The Kier molecular flexibility index (Phi) is 6.59. The van der Waals surface area contributed by atoms with E-state index in [2.05, 4.69) is 4.99 Å². The number of ether oxygens (including phenoxy) is 2. The molecule has 0 saturated carbocycles. The fourth-order valence-corrected chi connectivity index (χ4v) is 3.88. The fourth-order valence-electron chi connectivity index (χ4n) is 2.82. The average Bonchev–Trinajstić information content (AvgIpc) is 3.09. The SMILES string of the molecule is CCOc1ccc2c(c1)sc(=NC(=O)c1cc([N+](=O)[O-])cc([N+](=O)[O-])c1)n2CC(=O)OC. The van der Waals surface area contributed by atoms with Crippen LogP contribution in [0.15, 0.2) is 41.4 Å². The number of hydrogen-bond donors (Lipinski definition) is 0. The maximum Gasteiger partial charge on any atom is 0.325 e. The molecule has 12 nitrogen and oxygen atoms in total. The molecule has 0 aliphatic heterocycles. The summed E-state index contributed by atoms with van der Waals surface area (Å²) in [6.07, 6.45) is 0. The highest BCUT2D eigenvalue weighted by Crippen LogP contribution is 2.25. The summed E-state index contributed by atoms with van der Waals surface area (Å²) in [5.74, 6) is -0.941. The highest BCUT2D eigenvalue weighted by atomic mass is 32.1. The van der Waals surface area contributed by atoms with Gasteiger partial charge in [-0.1, -0.05) is 11.3 Å².